The van der Waals surface area contributed by atoms with Crippen LogP contribution in [0.15, 0.2) is 94.2 Å². The van der Waals surface area contributed by atoms with E-state index in [1.54, 1.807) is 0 Å². The Bertz CT molecular complexity index is 987. The first-order chi connectivity index (χ1) is 12.8. The Morgan fingerprint density at radius 2 is 1.08 bits per heavy atom. The van der Waals surface area contributed by atoms with Crippen LogP contribution in [0.25, 0.3) is 12.2 Å². The Kier molecular flexibility index (Phi) is 3.60. The van der Waals surface area contributed by atoms with Crippen LogP contribution in [0.4, 0.5) is 0 Å². The molecule has 3 heterocycles. The fourth-order valence-electron chi connectivity index (χ4n) is 3.55. The molecule has 3 aliphatic rings. The highest BCUT2D eigenvalue weighted by Crippen LogP contribution is 2.21. The van der Waals surface area contributed by atoms with Gasteiger partial charge in [-0.15, -0.1) is 0 Å². The highest BCUT2D eigenvalue weighted by Gasteiger charge is 2.09. The SMILES string of the molecule is C1=CC2=NC1=Cc1cccc(c1)CC1=NC(=Cc3cccc(c3)C2)C=C1. The Morgan fingerprint density at radius 1 is 0.577 bits per heavy atom. The summed E-state index contributed by atoms with van der Waals surface area (Å²) in [5.74, 6) is 0. The van der Waals surface area contributed by atoms with Gasteiger partial charge in [0.15, 0.2) is 0 Å². The van der Waals surface area contributed by atoms with Gasteiger partial charge in [0.1, 0.15) is 0 Å². The van der Waals surface area contributed by atoms with Crippen LogP contribution in [0, 0.1) is 0 Å². The highest BCUT2D eigenvalue weighted by atomic mass is 14.8. The van der Waals surface area contributed by atoms with Gasteiger partial charge in [-0.25, -0.2) is 0 Å². The Morgan fingerprint density at radius 3 is 1.58 bits per heavy atom. The molecule has 0 aliphatic carbocycles. The van der Waals surface area contributed by atoms with Crippen LogP contribution in [0.3, 0.4) is 0 Å². The molecule has 0 N–H and O–H groups in total. The predicted octanol–water partition coefficient (Wildman–Crippen LogP) is 5.19. The molecule has 3 aliphatic heterocycles. The average molecular weight is 334 g/mol. The van der Waals surface area contributed by atoms with Crippen molar-refractivity contribution in [2.75, 3.05) is 0 Å². The number of rotatable bonds is 0. The zero-order valence-electron chi connectivity index (χ0n) is 14.4. The fraction of sp³-hybridized carbons (Fsp3) is 0.0833. The van der Waals surface area contributed by atoms with Crippen molar-refractivity contribution in [1.82, 2.24) is 0 Å². The van der Waals surface area contributed by atoms with Crippen LogP contribution >= 0.6 is 0 Å². The summed E-state index contributed by atoms with van der Waals surface area (Å²) >= 11 is 0. The molecule has 0 atom stereocenters. The van der Waals surface area contributed by atoms with Crippen molar-refractivity contribution < 1.29 is 0 Å². The summed E-state index contributed by atoms with van der Waals surface area (Å²) in [6.07, 6.45) is 14.4. The van der Waals surface area contributed by atoms with Crippen molar-refractivity contribution in [2.45, 2.75) is 12.8 Å². The lowest BCUT2D eigenvalue weighted by molar-refractivity contribution is 1.30. The summed E-state index contributed by atoms with van der Waals surface area (Å²) in [7, 11) is 0. The van der Waals surface area contributed by atoms with Gasteiger partial charge >= 0.3 is 0 Å². The van der Waals surface area contributed by atoms with Crippen molar-refractivity contribution in [2.24, 2.45) is 9.98 Å². The topological polar surface area (TPSA) is 24.7 Å². The molecule has 26 heavy (non-hydrogen) atoms. The van der Waals surface area contributed by atoms with Gasteiger partial charge in [-0.2, -0.15) is 0 Å². The molecule has 2 aromatic rings. The van der Waals surface area contributed by atoms with Gasteiger partial charge in [-0.05, 0) is 58.7 Å². The Hall–Kier alpha value is -3.26. The molecule has 0 unspecified atom stereocenters. The van der Waals surface area contributed by atoms with Crippen molar-refractivity contribution in [3.8, 4) is 0 Å². The molecule has 0 fully saturated rings. The molecule has 8 bridgehead atoms. The minimum absolute atomic E-state index is 0.843. The average Bonchev–Trinajstić information content (AvgIpc) is 3.24. The fourth-order valence-corrected chi connectivity index (χ4v) is 3.55. The van der Waals surface area contributed by atoms with Crippen LogP contribution in [-0.2, 0) is 12.8 Å². The number of aliphatic imine (C=N–C) groups is 2. The molecule has 0 saturated carbocycles. The molecule has 2 aromatic carbocycles. The van der Waals surface area contributed by atoms with Gasteiger partial charge in [0.25, 0.3) is 0 Å². The number of hydrogen-bond donors (Lipinski definition) is 0. The summed E-state index contributed by atoms with van der Waals surface area (Å²) in [6.45, 7) is 0. The summed E-state index contributed by atoms with van der Waals surface area (Å²) in [6, 6.07) is 17.2. The molecular weight excluding hydrogens is 316 g/mol. The summed E-state index contributed by atoms with van der Waals surface area (Å²) < 4.78 is 0. The minimum Gasteiger partial charge on any atom is -0.253 e. The number of nitrogens with zero attached hydrogens (tertiary/aromatic N) is 2. The zero-order chi connectivity index (χ0) is 17.3. The van der Waals surface area contributed by atoms with Crippen LogP contribution < -0.4 is 0 Å². The third-order valence-electron chi connectivity index (χ3n) is 4.74. The standard InChI is InChI=1S/C24H18N2/c1-3-17-11-18(4-1)14-22-8-10-24(26-22)16-20-6-2-5-19(12-20)15-23-9-7-21(13-17)25-23/h1-13,16H,14-15H2. The first-order valence-corrected chi connectivity index (χ1v) is 8.93. The molecule has 0 spiro atoms. The van der Waals surface area contributed by atoms with Crippen LogP contribution in [0.5, 0.6) is 0 Å². The van der Waals surface area contributed by atoms with E-state index in [-0.39, 0.29) is 0 Å². The smallest absolute Gasteiger partial charge is 0.0639 e. The van der Waals surface area contributed by atoms with Crippen LogP contribution in [0.1, 0.15) is 22.3 Å². The summed E-state index contributed by atoms with van der Waals surface area (Å²) in [5.41, 5.74) is 9.13. The molecule has 124 valence electrons. The number of fused-ring (bicyclic) bond motifs is 6. The van der Waals surface area contributed by atoms with E-state index in [1.807, 2.05) is 0 Å². The molecular formula is C24H18N2. The van der Waals surface area contributed by atoms with E-state index in [0.29, 0.717) is 0 Å². The number of hydrogen-bond acceptors (Lipinski definition) is 2. The maximum Gasteiger partial charge on any atom is 0.0639 e. The van der Waals surface area contributed by atoms with Crippen molar-refractivity contribution in [3.63, 3.8) is 0 Å². The van der Waals surface area contributed by atoms with Crippen molar-refractivity contribution in [3.05, 3.63) is 106 Å². The van der Waals surface area contributed by atoms with Gasteiger partial charge in [0, 0.05) is 24.3 Å². The van der Waals surface area contributed by atoms with E-state index in [1.165, 1.54) is 22.3 Å². The van der Waals surface area contributed by atoms with Gasteiger partial charge in [0.2, 0.25) is 0 Å². The van der Waals surface area contributed by atoms with E-state index < -0.39 is 0 Å². The molecule has 2 heteroatoms. The molecule has 5 rings (SSSR count). The third kappa shape index (κ3) is 3.14. The lowest BCUT2D eigenvalue weighted by Gasteiger charge is -2.04. The largest absolute Gasteiger partial charge is 0.253 e. The molecule has 0 saturated heterocycles. The second-order valence-corrected chi connectivity index (χ2v) is 6.85. The van der Waals surface area contributed by atoms with E-state index >= 15 is 0 Å². The first-order valence-electron chi connectivity index (χ1n) is 8.93. The van der Waals surface area contributed by atoms with Crippen LogP contribution in [-0.4, -0.2) is 11.4 Å². The monoisotopic (exact) mass is 334 g/mol. The zero-order valence-corrected chi connectivity index (χ0v) is 14.4. The number of benzene rings is 2. The maximum absolute atomic E-state index is 4.78. The number of allylic oxidation sites excluding steroid dienone is 4. The van der Waals surface area contributed by atoms with Crippen LogP contribution in [0.2, 0.25) is 0 Å². The first kappa shape index (κ1) is 15.0. The molecule has 0 amide bonds. The van der Waals surface area contributed by atoms with E-state index in [4.69, 9.17) is 9.98 Å². The maximum atomic E-state index is 4.78. The van der Waals surface area contributed by atoms with E-state index in [2.05, 4.69) is 85.0 Å². The Balaban J connectivity index is 1.62. The van der Waals surface area contributed by atoms with Crippen molar-refractivity contribution in [1.29, 1.82) is 0 Å². The second kappa shape index (κ2) is 6.23. The lowest BCUT2D eigenvalue weighted by atomic mass is 10.0. The predicted molar refractivity (Wildman–Crippen MR) is 109 cm³/mol. The molecule has 2 nitrogen and oxygen atoms in total. The van der Waals surface area contributed by atoms with E-state index in [9.17, 15) is 0 Å². The quantitative estimate of drug-likeness (QED) is 0.633. The summed E-state index contributed by atoms with van der Waals surface area (Å²) in [4.78, 5) is 9.56. The highest BCUT2D eigenvalue weighted by molar-refractivity contribution is 6.01. The Labute approximate surface area is 153 Å². The second-order valence-electron chi connectivity index (χ2n) is 6.85. The third-order valence-corrected chi connectivity index (χ3v) is 4.74. The normalized spacial score (nSPS) is 17.5. The lowest BCUT2D eigenvalue weighted by Crippen LogP contribution is -1.98. The minimum atomic E-state index is 0.843. The molecule has 0 radical (unpaired) electrons. The van der Waals surface area contributed by atoms with Crippen molar-refractivity contribution >= 4 is 23.6 Å². The van der Waals surface area contributed by atoms with Gasteiger partial charge in [0.05, 0.1) is 11.4 Å². The van der Waals surface area contributed by atoms with Gasteiger partial charge in [-0.1, -0.05) is 48.5 Å². The molecule has 0 aromatic heterocycles. The summed E-state index contributed by atoms with van der Waals surface area (Å²) in [5, 5.41) is 0. The van der Waals surface area contributed by atoms with Gasteiger partial charge in [-0.3, -0.25) is 9.98 Å². The van der Waals surface area contributed by atoms with Gasteiger partial charge < -0.3 is 0 Å². The van der Waals surface area contributed by atoms with E-state index in [0.717, 1.165) is 35.7 Å².